The summed E-state index contributed by atoms with van der Waals surface area (Å²) in [5.41, 5.74) is 6.39. The molecule has 0 fully saturated rings. The molecule has 1 aromatic carbocycles. The van der Waals surface area contributed by atoms with Gasteiger partial charge in [-0.1, -0.05) is 5.16 Å². The second kappa shape index (κ2) is 3.58. The Hall–Kier alpha value is -2.37. The van der Waals surface area contributed by atoms with Crippen LogP contribution in [0.15, 0.2) is 22.7 Å². The Bertz CT molecular complexity index is 565. The van der Waals surface area contributed by atoms with Gasteiger partial charge in [0.25, 0.3) is 0 Å². The Balaban J connectivity index is 2.12. The number of hydrogen-bond acceptors (Lipinski definition) is 6. The van der Waals surface area contributed by atoms with Gasteiger partial charge >= 0.3 is 0 Å². The molecule has 0 radical (unpaired) electrons. The van der Waals surface area contributed by atoms with Crippen LogP contribution in [0.3, 0.4) is 0 Å². The molecule has 0 aliphatic carbocycles. The van der Waals surface area contributed by atoms with Gasteiger partial charge in [-0.3, -0.25) is 0 Å². The van der Waals surface area contributed by atoms with E-state index < -0.39 is 0 Å². The van der Waals surface area contributed by atoms with E-state index in [0.29, 0.717) is 36.0 Å². The molecule has 0 saturated carbocycles. The van der Waals surface area contributed by atoms with Gasteiger partial charge in [0.1, 0.15) is 18.9 Å². The minimum absolute atomic E-state index is 0.0181. The highest BCUT2D eigenvalue weighted by molar-refractivity contribution is 5.74. The van der Waals surface area contributed by atoms with Gasteiger partial charge in [0, 0.05) is 11.6 Å². The van der Waals surface area contributed by atoms with Crippen molar-refractivity contribution >= 4 is 5.88 Å². The number of nitrogens with zero attached hydrogens (tertiary/aromatic N) is 1. The summed E-state index contributed by atoms with van der Waals surface area (Å²) in [5.74, 6) is 1.02. The highest BCUT2D eigenvalue weighted by Crippen LogP contribution is 2.44. The molecule has 6 nitrogen and oxygen atoms in total. The molecule has 0 bridgehead atoms. The molecule has 3 N–H and O–H groups in total. The largest absolute Gasteiger partial charge is 0.504 e. The lowest BCUT2D eigenvalue weighted by Gasteiger charge is -2.19. The fraction of sp³-hybridized carbons (Fsp3) is 0.182. The fourth-order valence-electron chi connectivity index (χ4n) is 1.72. The summed E-state index contributed by atoms with van der Waals surface area (Å²) in [7, 11) is 0. The number of aromatic hydroxyl groups is 1. The highest BCUT2D eigenvalue weighted by atomic mass is 16.6. The second-order valence-corrected chi connectivity index (χ2v) is 3.60. The van der Waals surface area contributed by atoms with Crippen molar-refractivity contribution in [3.63, 3.8) is 0 Å². The van der Waals surface area contributed by atoms with Crippen LogP contribution < -0.4 is 15.2 Å². The van der Waals surface area contributed by atoms with E-state index in [9.17, 15) is 5.11 Å². The van der Waals surface area contributed by atoms with Gasteiger partial charge in [0.2, 0.25) is 11.6 Å². The zero-order valence-corrected chi connectivity index (χ0v) is 8.84. The number of aromatic nitrogens is 1. The van der Waals surface area contributed by atoms with E-state index in [1.807, 2.05) is 0 Å². The number of phenols is 1. The Morgan fingerprint density at radius 2 is 2.06 bits per heavy atom. The van der Waals surface area contributed by atoms with Crippen LogP contribution in [0.2, 0.25) is 0 Å². The van der Waals surface area contributed by atoms with Crippen molar-refractivity contribution in [3.8, 4) is 28.5 Å². The van der Waals surface area contributed by atoms with Gasteiger partial charge in [0.15, 0.2) is 11.5 Å². The van der Waals surface area contributed by atoms with Gasteiger partial charge in [-0.15, -0.1) is 0 Å². The molecule has 0 amide bonds. The van der Waals surface area contributed by atoms with E-state index in [1.165, 1.54) is 6.07 Å². The van der Waals surface area contributed by atoms with Crippen LogP contribution in [0.1, 0.15) is 0 Å². The molecular formula is C11H10N2O4. The summed E-state index contributed by atoms with van der Waals surface area (Å²) in [6, 6.07) is 4.93. The summed E-state index contributed by atoms with van der Waals surface area (Å²) in [6.45, 7) is 0.883. The predicted molar refractivity (Wildman–Crippen MR) is 59.0 cm³/mol. The van der Waals surface area contributed by atoms with Crippen molar-refractivity contribution in [1.29, 1.82) is 0 Å². The number of phenolic OH excluding ortho intramolecular Hbond substituents is 1. The highest BCUT2D eigenvalue weighted by Gasteiger charge is 2.21. The molecule has 3 rings (SSSR count). The van der Waals surface area contributed by atoms with Crippen molar-refractivity contribution in [3.05, 3.63) is 18.2 Å². The first-order chi connectivity index (χ1) is 8.25. The number of fused-ring (bicyclic) bond motifs is 1. The molecule has 1 aliphatic heterocycles. The first-order valence-corrected chi connectivity index (χ1v) is 5.10. The number of ether oxygens (including phenoxy) is 2. The maximum Gasteiger partial charge on any atom is 0.222 e. The van der Waals surface area contributed by atoms with Gasteiger partial charge < -0.3 is 24.8 Å². The van der Waals surface area contributed by atoms with Crippen molar-refractivity contribution in [1.82, 2.24) is 5.16 Å². The molecular weight excluding hydrogens is 224 g/mol. The number of benzene rings is 1. The number of nitrogen functional groups attached to an aromatic ring is 1. The minimum atomic E-state index is -0.0181. The van der Waals surface area contributed by atoms with E-state index in [4.69, 9.17) is 19.7 Å². The van der Waals surface area contributed by atoms with Crippen molar-refractivity contribution in [2.75, 3.05) is 18.9 Å². The van der Waals surface area contributed by atoms with Crippen LogP contribution >= 0.6 is 0 Å². The van der Waals surface area contributed by atoms with Gasteiger partial charge in [-0.2, -0.15) is 0 Å². The molecule has 88 valence electrons. The molecule has 1 aromatic heterocycles. The Kier molecular flexibility index (Phi) is 2.07. The topological polar surface area (TPSA) is 90.7 Å². The lowest BCUT2D eigenvalue weighted by molar-refractivity contribution is 0.166. The Labute approximate surface area is 96.5 Å². The van der Waals surface area contributed by atoms with E-state index in [2.05, 4.69) is 5.16 Å². The number of nitrogens with two attached hydrogens (primary N) is 1. The molecule has 2 aromatic rings. The van der Waals surface area contributed by atoms with E-state index in [1.54, 1.807) is 12.1 Å². The van der Waals surface area contributed by atoms with Gasteiger partial charge in [-0.05, 0) is 12.1 Å². The third kappa shape index (κ3) is 1.54. The smallest absolute Gasteiger partial charge is 0.222 e. The monoisotopic (exact) mass is 234 g/mol. The SMILES string of the molecule is Nc1cc(-c2ccc3c(c2O)OCCO3)no1. The summed E-state index contributed by atoms with van der Waals surface area (Å²) >= 11 is 0. The van der Waals surface area contributed by atoms with E-state index in [-0.39, 0.29) is 11.6 Å². The third-order valence-corrected chi connectivity index (χ3v) is 2.49. The Morgan fingerprint density at radius 1 is 1.24 bits per heavy atom. The Morgan fingerprint density at radius 3 is 2.82 bits per heavy atom. The normalized spacial score (nSPS) is 13.6. The zero-order valence-electron chi connectivity index (χ0n) is 8.84. The summed E-state index contributed by atoms with van der Waals surface area (Å²) in [4.78, 5) is 0. The average Bonchev–Trinajstić information content (AvgIpc) is 2.77. The van der Waals surface area contributed by atoms with Crippen LogP contribution in [0.5, 0.6) is 17.2 Å². The van der Waals surface area contributed by atoms with Crippen molar-refractivity contribution < 1.29 is 19.1 Å². The van der Waals surface area contributed by atoms with Crippen LogP contribution in [0.25, 0.3) is 11.3 Å². The fourth-order valence-corrected chi connectivity index (χ4v) is 1.72. The van der Waals surface area contributed by atoms with Gasteiger partial charge in [-0.25, -0.2) is 0 Å². The van der Waals surface area contributed by atoms with Crippen LogP contribution in [0.4, 0.5) is 5.88 Å². The van der Waals surface area contributed by atoms with E-state index in [0.717, 1.165) is 0 Å². The number of hydrogen-bond donors (Lipinski definition) is 2. The average molecular weight is 234 g/mol. The molecule has 0 saturated heterocycles. The maximum atomic E-state index is 10.1. The lowest BCUT2D eigenvalue weighted by Crippen LogP contribution is -2.15. The summed E-state index contributed by atoms with van der Waals surface area (Å²) < 4.78 is 15.5. The summed E-state index contributed by atoms with van der Waals surface area (Å²) in [6.07, 6.45) is 0. The molecule has 6 heteroatoms. The number of anilines is 1. The van der Waals surface area contributed by atoms with Crippen molar-refractivity contribution in [2.24, 2.45) is 0 Å². The van der Waals surface area contributed by atoms with Crippen LogP contribution in [0, 0.1) is 0 Å². The first-order valence-electron chi connectivity index (χ1n) is 5.10. The quantitative estimate of drug-likeness (QED) is 0.775. The molecule has 0 unspecified atom stereocenters. The maximum absolute atomic E-state index is 10.1. The van der Waals surface area contributed by atoms with E-state index >= 15 is 0 Å². The molecule has 0 spiro atoms. The second-order valence-electron chi connectivity index (χ2n) is 3.60. The zero-order chi connectivity index (χ0) is 11.8. The number of rotatable bonds is 1. The molecule has 17 heavy (non-hydrogen) atoms. The van der Waals surface area contributed by atoms with Gasteiger partial charge in [0.05, 0.1) is 0 Å². The third-order valence-electron chi connectivity index (χ3n) is 2.49. The lowest BCUT2D eigenvalue weighted by atomic mass is 10.1. The van der Waals surface area contributed by atoms with Crippen LogP contribution in [-0.2, 0) is 0 Å². The minimum Gasteiger partial charge on any atom is -0.504 e. The first kappa shape index (κ1) is 9.83. The van der Waals surface area contributed by atoms with Crippen LogP contribution in [-0.4, -0.2) is 23.5 Å². The summed E-state index contributed by atoms with van der Waals surface area (Å²) in [5, 5.41) is 13.8. The molecule has 1 aliphatic rings. The standard InChI is InChI=1S/C11H10N2O4/c12-9-5-7(13-17-9)6-1-2-8-11(10(6)14)16-4-3-15-8/h1-2,5,14H,3-4,12H2. The molecule has 2 heterocycles. The molecule has 0 atom stereocenters. The predicted octanol–water partition coefficient (Wildman–Crippen LogP) is 1.40. The van der Waals surface area contributed by atoms with Crippen molar-refractivity contribution in [2.45, 2.75) is 0 Å².